The van der Waals surface area contributed by atoms with Crippen LogP contribution in [-0.4, -0.2) is 6.61 Å². The lowest BCUT2D eigenvalue weighted by Crippen LogP contribution is -2.15. The molecule has 1 fully saturated rings. The van der Waals surface area contributed by atoms with Gasteiger partial charge in [0.25, 0.3) is 0 Å². The molecule has 1 saturated heterocycles. The summed E-state index contributed by atoms with van der Waals surface area (Å²) in [6.07, 6.45) is -4.39. The zero-order valence-corrected chi connectivity index (χ0v) is 8.62. The van der Waals surface area contributed by atoms with E-state index in [2.05, 4.69) is 0 Å². The number of epoxide rings is 1. The van der Waals surface area contributed by atoms with E-state index in [1.807, 2.05) is 0 Å². The monoisotopic (exact) mass is 236 g/mol. The molecule has 1 nitrogen and oxygen atoms in total. The van der Waals surface area contributed by atoms with Crippen molar-refractivity contribution in [2.24, 2.45) is 0 Å². The maximum absolute atomic E-state index is 12.7. The fourth-order valence-electron chi connectivity index (χ4n) is 1.55. The number of hydrogen-bond acceptors (Lipinski definition) is 1. The summed E-state index contributed by atoms with van der Waals surface area (Å²) in [4.78, 5) is 0. The normalized spacial score (nSPS) is 25.4. The molecule has 5 heteroatoms. The molecule has 2 rings (SSSR count). The number of benzene rings is 1. The van der Waals surface area contributed by atoms with Gasteiger partial charge in [-0.1, -0.05) is 17.7 Å². The molecule has 1 aliphatic rings. The summed E-state index contributed by atoms with van der Waals surface area (Å²) < 4.78 is 43.0. The number of alkyl halides is 3. The molecule has 0 bridgehead atoms. The largest absolute Gasteiger partial charge is 0.416 e. The highest BCUT2D eigenvalue weighted by Crippen LogP contribution is 2.47. The molecule has 0 aliphatic carbocycles. The van der Waals surface area contributed by atoms with Crippen LogP contribution in [0.25, 0.3) is 0 Å². The predicted molar refractivity (Wildman–Crippen MR) is 49.8 cm³/mol. The van der Waals surface area contributed by atoms with Gasteiger partial charge in [0.15, 0.2) is 0 Å². The molecule has 0 aromatic heterocycles. The van der Waals surface area contributed by atoms with Crippen LogP contribution in [0.3, 0.4) is 0 Å². The summed E-state index contributed by atoms with van der Waals surface area (Å²) in [5.41, 5.74) is -1.54. The number of ether oxygens (including phenoxy) is 1. The lowest BCUT2D eigenvalue weighted by atomic mass is 9.96. The van der Waals surface area contributed by atoms with Crippen molar-refractivity contribution in [2.75, 3.05) is 6.61 Å². The minimum Gasteiger partial charge on any atom is -0.365 e. The highest BCUT2D eigenvalue weighted by atomic mass is 35.5. The number of hydrogen-bond donors (Lipinski definition) is 0. The first-order chi connectivity index (χ1) is 6.84. The molecule has 1 aromatic carbocycles. The van der Waals surface area contributed by atoms with Crippen molar-refractivity contribution < 1.29 is 17.9 Å². The molecular weight excluding hydrogens is 229 g/mol. The summed E-state index contributed by atoms with van der Waals surface area (Å²) in [6, 6.07) is 3.76. The minimum atomic E-state index is -4.39. The Hall–Kier alpha value is -0.740. The standard InChI is InChI=1S/C10H8ClF3O/c1-9(5-15-9)8-6(10(12,13)14)3-2-4-7(8)11/h2-4H,5H2,1H3. The summed E-state index contributed by atoms with van der Waals surface area (Å²) in [6.45, 7) is 1.88. The second-order valence-electron chi connectivity index (χ2n) is 3.68. The quantitative estimate of drug-likeness (QED) is 0.679. The van der Waals surface area contributed by atoms with Crippen LogP contribution in [0, 0.1) is 0 Å². The van der Waals surface area contributed by atoms with Gasteiger partial charge in [-0.15, -0.1) is 0 Å². The molecule has 0 spiro atoms. The molecule has 0 radical (unpaired) electrons. The average molecular weight is 237 g/mol. The van der Waals surface area contributed by atoms with E-state index in [0.29, 0.717) is 0 Å². The Morgan fingerprint density at radius 3 is 2.47 bits per heavy atom. The number of rotatable bonds is 1. The maximum Gasteiger partial charge on any atom is 0.416 e. The van der Waals surface area contributed by atoms with Crippen molar-refractivity contribution in [3.8, 4) is 0 Å². The summed E-state index contributed by atoms with van der Waals surface area (Å²) >= 11 is 5.78. The van der Waals surface area contributed by atoms with Crippen molar-refractivity contribution in [3.63, 3.8) is 0 Å². The zero-order valence-electron chi connectivity index (χ0n) is 7.86. The molecule has 1 aliphatic heterocycles. The van der Waals surface area contributed by atoms with E-state index in [9.17, 15) is 13.2 Å². The molecule has 1 unspecified atom stereocenters. The number of halogens is 4. The lowest BCUT2D eigenvalue weighted by Gasteiger charge is -2.16. The Balaban J connectivity index is 2.60. The van der Waals surface area contributed by atoms with E-state index < -0.39 is 17.3 Å². The van der Waals surface area contributed by atoms with Gasteiger partial charge < -0.3 is 4.74 Å². The van der Waals surface area contributed by atoms with Crippen LogP contribution in [0.1, 0.15) is 18.1 Å². The molecule has 15 heavy (non-hydrogen) atoms. The second kappa shape index (κ2) is 3.12. The fourth-order valence-corrected chi connectivity index (χ4v) is 1.92. The Morgan fingerprint density at radius 2 is 2.00 bits per heavy atom. The highest BCUT2D eigenvalue weighted by Gasteiger charge is 2.48. The van der Waals surface area contributed by atoms with Crippen molar-refractivity contribution in [3.05, 3.63) is 34.3 Å². The SMILES string of the molecule is CC1(c2c(Cl)cccc2C(F)(F)F)CO1. The van der Waals surface area contributed by atoms with E-state index in [-0.39, 0.29) is 17.2 Å². The zero-order chi connectivity index (χ0) is 11.3. The third kappa shape index (κ3) is 1.84. The van der Waals surface area contributed by atoms with E-state index in [4.69, 9.17) is 16.3 Å². The smallest absolute Gasteiger partial charge is 0.365 e. The van der Waals surface area contributed by atoms with Gasteiger partial charge in [-0.25, -0.2) is 0 Å². The maximum atomic E-state index is 12.7. The summed E-state index contributed by atoms with van der Waals surface area (Å²) in [7, 11) is 0. The Morgan fingerprint density at radius 1 is 1.40 bits per heavy atom. The van der Waals surface area contributed by atoms with Gasteiger partial charge in [0, 0.05) is 10.6 Å². The molecular formula is C10H8ClF3O. The Bertz CT molecular complexity index is 396. The van der Waals surface area contributed by atoms with Crippen molar-refractivity contribution >= 4 is 11.6 Å². The van der Waals surface area contributed by atoms with Gasteiger partial charge in [-0.05, 0) is 19.1 Å². The topological polar surface area (TPSA) is 12.5 Å². The second-order valence-corrected chi connectivity index (χ2v) is 4.09. The molecule has 0 saturated carbocycles. The first-order valence-corrected chi connectivity index (χ1v) is 4.72. The van der Waals surface area contributed by atoms with Crippen LogP contribution in [0.2, 0.25) is 5.02 Å². The van der Waals surface area contributed by atoms with Crippen LogP contribution < -0.4 is 0 Å². The minimum absolute atomic E-state index is 0.0409. The Kier molecular flexibility index (Phi) is 2.24. The summed E-state index contributed by atoms with van der Waals surface area (Å²) in [5, 5.41) is 0.102. The molecule has 1 heterocycles. The molecule has 0 N–H and O–H groups in total. The van der Waals surface area contributed by atoms with Gasteiger partial charge in [-0.3, -0.25) is 0 Å². The molecule has 1 atom stereocenters. The van der Waals surface area contributed by atoms with Crippen LogP contribution in [-0.2, 0) is 16.5 Å². The summed E-state index contributed by atoms with van der Waals surface area (Å²) in [5.74, 6) is 0. The van der Waals surface area contributed by atoms with Crippen LogP contribution in [0.4, 0.5) is 13.2 Å². The molecule has 0 amide bonds. The van der Waals surface area contributed by atoms with Crippen molar-refractivity contribution in [2.45, 2.75) is 18.7 Å². The van der Waals surface area contributed by atoms with E-state index in [1.165, 1.54) is 12.1 Å². The van der Waals surface area contributed by atoms with E-state index in [1.54, 1.807) is 6.92 Å². The van der Waals surface area contributed by atoms with Gasteiger partial charge in [0.2, 0.25) is 0 Å². The third-order valence-electron chi connectivity index (χ3n) is 2.43. The highest BCUT2D eigenvalue weighted by molar-refractivity contribution is 6.31. The van der Waals surface area contributed by atoms with Gasteiger partial charge in [0.05, 0.1) is 12.2 Å². The van der Waals surface area contributed by atoms with E-state index >= 15 is 0 Å². The lowest BCUT2D eigenvalue weighted by molar-refractivity contribution is -0.138. The first kappa shape index (κ1) is 10.8. The van der Waals surface area contributed by atoms with Gasteiger partial charge >= 0.3 is 6.18 Å². The third-order valence-corrected chi connectivity index (χ3v) is 2.74. The predicted octanol–water partition coefficient (Wildman–Crippen LogP) is 3.60. The van der Waals surface area contributed by atoms with Crippen molar-refractivity contribution in [1.82, 2.24) is 0 Å². The molecule has 1 aromatic rings. The first-order valence-electron chi connectivity index (χ1n) is 4.35. The Labute approximate surface area is 89.8 Å². The van der Waals surface area contributed by atoms with Crippen LogP contribution in [0.15, 0.2) is 18.2 Å². The van der Waals surface area contributed by atoms with Gasteiger partial charge in [0.1, 0.15) is 5.60 Å². The van der Waals surface area contributed by atoms with Crippen LogP contribution in [0.5, 0.6) is 0 Å². The average Bonchev–Trinajstić information content (AvgIpc) is 2.82. The van der Waals surface area contributed by atoms with E-state index in [0.717, 1.165) is 6.07 Å². The van der Waals surface area contributed by atoms with Gasteiger partial charge in [-0.2, -0.15) is 13.2 Å². The van der Waals surface area contributed by atoms with Crippen LogP contribution >= 0.6 is 11.6 Å². The molecule has 82 valence electrons. The van der Waals surface area contributed by atoms with Crippen molar-refractivity contribution in [1.29, 1.82) is 0 Å². The fraction of sp³-hybridized carbons (Fsp3) is 0.400.